The topological polar surface area (TPSA) is 39.2 Å². The number of hydrogen-bond acceptors (Lipinski definition) is 4. The lowest BCUT2D eigenvalue weighted by Gasteiger charge is -2.05. The third kappa shape index (κ3) is 4.95. The van der Waals surface area contributed by atoms with E-state index in [2.05, 4.69) is 24.0 Å². The summed E-state index contributed by atoms with van der Waals surface area (Å²) in [5.74, 6) is -0.188. The van der Waals surface area contributed by atoms with E-state index in [1.807, 2.05) is 26.0 Å². The molecule has 0 spiro atoms. The van der Waals surface area contributed by atoms with Gasteiger partial charge in [-0.05, 0) is 37.8 Å². The van der Waals surface area contributed by atoms with Crippen molar-refractivity contribution in [2.75, 3.05) is 0 Å². The SMILES string of the molecule is CCCCc1ccc(CC(=O)OCc2sc(C)nc2C)cc1. The van der Waals surface area contributed by atoms with Crippen LogP contribution >= 0.6 is 11.3 Å². The highest BCUT2D eigenvalue weighted by atomic mass is 32.1. The Morgan fingerprint density at radius 2 is 1.86 bits per heavy atom. The Hall–Kier alpha value is -1.68. The zero-order chi connectivity index (χ0) is 15.9. The maximum absolute atomic E-state index is 11.9. The molecule has 3 nitrogen and oxygen atoms in total. The van der Waals surface area contributed by atoms with Crippen LogP contribution in [0.3, 0.4) is 0 Å². The van der Waals surface area contributed by atoms with E-state index in [0.29, 0.717) is 13.0 Å². The average Bonchev–Trinajstić information content (AvgIpc) is 2.82. The Balaban J connectivity index is 1.82. The minimum Gasteiger partial charge on any atom is -0.460 e. The molecule has 0 fully saturated rings. The van der Waals surface area contributed by atoms with Crippen molar-refractivity contribution >= 4 is 17.3 Å². The highest BCUT2D eigenvalue weighted by Gasteiger charge is 2.09. The molecular formula is C18H23NO2S. The number of esters is 1. The van der Waals surface area contributed by atoms with Crippen molar-refractivity contribution in [2.24, 2.45) is 0 Å². The third-order valence-electron chi connectivity index (χ3n) is 3.55. The van der Waals surface area contributed by atoms with Gasteiger partial charge in [0.25, 0.3) is 0 Å². The molecule has 0 N–H and O–H groups in total. The van der Waals surface area contributed by atoms with Gasteiger partial charge in [0.05, 0.1) is 22.0 Å². The first-order valence-electron chi connectivity index (χ1n) is 7.75. The molecule has 2 rings (SSSR count). The smallest absolute Gasteiger partial charge is 0.310 e. The van der Waals surface area contributed by atoms with Crippen molar-refractivity contribution < 1.29 is 9.53 Å². The van der Waals surface area contributed by atoms with Crippen molar-refractivity contribution in [1.82, 2.24) is 4.98 Å². The van der Waals surface area contributed by atoms with Gasteiger partial charge in [-0.3, -0.25) is 4.79 Å². The number of unbranched alkanes of at least 4 members (excludes halogenated alkanes) is 1. The van der Waals surface area contributed by atoms with Crippen LogP contribution in [0, 0.1) is 13.8 Å². The molecule has 0 atom stereocenters. The van der Waals surface area contributed by atoms with Gasteiger partial charge in [0.15, 0.2) is 0 Å². The summed E-state index contributed by atoms with van der Waals surface area (Å²) in [5, 5.41) is 1.01. The first kappa shape index (κ1) is 16.7. The van der Waals surface area contributed by atoms with Gasteiger partial charge in [0.2, 0.25) is 0 Å². The molecule has 0 unspecified atom stereocenters. The number of thiazole rings is 1. The number of rotatable bonds is 7. The van der Waals surface area contributed by atoms with Gasteiger partial charge in [-0.15, -0.1) is 11.3 Å². The number of aromatic nitrogens is 1. The van der Waals surface area contributed by atoms with E-state index in [1.54, 1.807) is 11.3 Å². The molecular weight excluding hydrogens is 294 g/mol. The summed E-state index contributed by atoms with van der Waals surface area (Å²) >= 11 is 1.58. The summed E-state index contributed by atoms with van der Waals surface area (Å²) in [6.07, 6.45) is 3.83. The van der Waals surface area contributed by atoms with Crippen molar-refractivity contribution in [3.63, 3.8) is 0 Å². The molecule has 2 aromatic rings. The van der Waals surface area contributed by atoms with Crippen molar-refractivity contribution in [2.45, 2.75) is 53.1 Å². The Kier molecular flexibility index (Phi) is 6.13. The van der Waals surface area contributed by atoms with Crippen molar-refractivity contribution in [3.8, 4) is 0 Å². The Morgan fingerprint density at radius 1 is 1.18 bits per heavy atom. The number of carbonyl (C=O) groups excluding carboxylic acids is 1. The standard InChI is InChI=1S/C18H23NO2S/c1-4-5-6-15-7-9-16(10-8-15)11-18(20)21-12-17-13(2)19-14(3)22-17/h7-10H,4-6,11-12H2,1-3H3. The second-order valence-corrected chi connectivity index (χ2v) is 6.79. The van der Waals surface area contributed by atoms with Crippen LogP contribution < -0.4 is 0 Å². The fourth-order valence-electron chi connectivity index (χ4n) is 2.28. The third-order valence-corrected chi connectivity index (χ3v) is 4.60. The van der Waals surface area contributed by atoms with E-state index in [1.165, 1.54) is 18.4 Å². The highest BCUT2D eigenvalue weighted by molar-refractivity contribution is 7.11. The molecule has 0 saturated carbocycles. The maximum Gasteiger partial charge on any atom is 0.310 e. The minimum absolute atomic E-state index is 0.188. The average molecular weight is 317 g/mol. The van der Waals surface area contributed by atoms with Crippen LogP contribution in [0.4, 0.5) is 0 Å². The molecule has 0 aliphatic carbocycles. The molecule has 0 aliphatic rings. The largest absolute Gasteiger partial charge is 0.460 e. The summed E-state index contributed by atoms with van der Waals surface area (Å²) in [4.78, 5) is 17.3. The summed E-state index contributed by atoms with van der Waals surface area (Å²) in [5.41, 5.74) is 3.28. The van der Waals surface area contributed by atoms with Gasteiger partial charge >= 0.3 is 5.97 Å². The molecule has 1 aromatic heterocycles. The van der Waals surface area contributed by atoms with Crippen LogP contribution in [0.15, 0.2) is 24.3 Å². The lowest BCUT2D eigenvalue weighted by molar-refractivity contribution is -0.144. The predicted octanol–water partition coefficient (Wildman–Crippen LogP) is 4.39. The molecule has 1 aromatic carbocycles. The van der Waals surface area contributed by atoms with Crippen LogP contribution in [0.25, 0.3) is 0 Å². The van der Waals surface area contributed by atoms with E-state index in [4.69, 9.17) is 4.74 Å². The van der Waals surface area contributed by atoms with Gasteiger partial charge in [0.1, 0.15) is 6.61 Å². The number of aryl methyl sites for hydroxylation is 3. The monoisotopic (exact) mass is 317 g/mol. The molecule has 0 aliphatic heterocycles. The fraction of sp³-hybridized carbons (Fsp3) is 0.444. The van der Waals surface area contributed by atoms with Crippen LogP contribution in [-0.2, 0) is 29.0 Å². The molecule has 22 heavy (non-hydrogen) atoms. The first-order valence-corrected chi connectivity index (χ1v) is 8.56. The normalized spacial score (nSPS) is 10.7. The Morgan fingerprint density at radius 3 is 2.45 bits per heavy atom. The maximum atomic E-state index is 11.9. The second kappa shape index (κ2) is 8.08. The zero-order valence-electron chi connectivity index (χ0n) is 13.5. The number of benzene rings is 1. The van der Waals surface area contributed by atoms with Gasteiger partial charge in [-0.1, -0.05) is 37.6 Å². The summed E-state index contributed by atoms with van der Waals surface area (Å²) in [6, 6.07) is 8.26. The summed E-state index contributed by atoms with van der Waals surface area (Å²) in [7, 11) is 0. The number of hydrogen-bond donors (Lipinski definition) is 0. The number of ether oxygens (including phenoxy) is 1. The molecule has 1 heterocycles. The van der Waals surface area contributed by atoms with Crippen LogP contribution in [0.1, 0.15) is 46.5 Å². The predicted molar refractivity (Wildman–Crippen MR) is 90.1 cm³/mol. The molecule has 0 radical (unpaired) electrons. The number of carbonyl (C=O) groups is 1. The van der Waals surface area contributed by atoms with Gasteiger partial charge in [-0.25, -0.2) is 4.98 Å². The fourth-order valence-corrected chi connectivity index (χ4v) is 3.13. The van der Waals surface area contributed by atoms with Crippen LogP contribution in [0.2, 0.25) is 0 Å². The summed E-state index contributed by atoms with van der Waals surface area (Å²) < 4.78 is 5.35. The minimum atomic E-state index is -0.188. The highest BCUT2D eigenvalue weighted by Crippen LogP contribution is 2.18. The van der Waals surface area contributed by atoms with E-state index in [9.17, 15) is 4.79 Å². The molecule has 4 heteroatoms. The second-order valence-electron chi connectivity index (χ2n) is 5.50. The van der Waals surface area contributed by atoms with E-state index in [-0.39, 0.29) is 5.97 Å². The van der Waals surface area contributed by atoms with E-state index < -0.39 is 0 Å². The molecule has 118 valence electrons. The Bertz CT molecular complexity index is 617. The van der Waals surface area contributed by atoms with Gasteiger partial charge < -0.3 is 4.74 Å². The van der Waals surface area contributed by atoms with Crippen molar-refractivity contribution in [3.05, 3.63) is 51.0 Å². The molecule has 0 amide bonds. The Labute approximate surface area is 136 Å². The van der Waals surface area contributed by atoms with E-state index in [0.717, 1.165) is 27.6 Å². The zero-order valence-corrected chi connectivity index (χ0v) is 14.3. The lowest BCUT2D eigenvalue weighted by Crippen LogP contribution is -2.08. The van der Waals surface area contributed by atoms with Crippen LogP contribution in [0.5, 0.6) is 0 Å². The summed E-state index contributed by atoms with van der Waals surface area (Å²) in [6.45, 7) is 6.42. The molecule has 0 bridgehead atoms. The quantitative estimate of drug-likeness (QED) is 0.711. The van der Waals surface area contributed by atoms with Gasteiger partial charge in [-0.2, -0.15) is 0 Å². The first-order chi connectivity index (χ1) is 10.6. The van der Waals surface area contributed by atoms with E-state index >= 15 is 0 Å². The van der Waals surface area contributed by atoms with Crippen molar-refractivity contribution in [1.29, 1.82) is 0 Å². The van der Waals surface area contributed by atoms with Gasteiger partial charge in [0, 0.05) is 0 Å². The number of nitrogens with zero attached hydrogens (tertiary/aromatic N) is 1. The molecule has 0 saturated heterocycles. The van der Waals surface area contributed by atoms with Crippen LogP contribution in [-0.4, -0.2) is 11.0 Å². The lowest BCUT2D eigenvalue weighted by atomic mass is 10.1.